The van der Waals surface area contributed by atoms with E-state index in [0.717, 1.165) is 0 Å². The van der Waals surface area contributed by atoms with E-state index in [1.807, 2.05) is 0 Å². The number of nitrogens with two attached hydrogens (primary N) is 1. The van der Waals surface area contributed by atoms with Crippen LogP contribution in [-0.2, 0) is 4.74 Å². The molecule has 2 N–H and O–H groups in total. The lowest BCUT2D eigenvalue weighted by atomic mass is 10.2. The van der Waals surface area contributed by atoms with Crippen LogP contribution in [0.15, 0.2) is 10.6 Å². The van der Waals surface area contributed by atoms with Crippen LogP contribution in [0.25, 0.3) is 0 Å². The fourth-order valence-corrected chi connectivity index (χ4v) is 0.816. The normalized spacial score (nSPS) is 12.2. The summed E-state index contributed by atoms with van der Waals surface area (Å²) in [6.45, 7) is 1.52. The summed E-state index contributed by atoms with van der Waals surface area (Å²) < 4.78 is 9.02. The molecular weight excluding hydrogens is 188 g/mol. The van der Waals surface area contributed by atoms with Crippen LogP contribution in [0, 0.1) is 0 Å². The lowest BCUT2D eigenvalue weighted by molar-refractivity contribution is 0.0588. The number of aromatic nitrogens is 1. The standard InChI is InChI=1S/C8H10N2O4/c1-4(9)7(11)6-3-5(10-14-6)8(12)13-2/h3-4H,9H2,1-2H3. The van der Waals surface area contributed by atoms with E-state index < -0.39 is 17.8 Å². The Morgan fingerprint density at radius 2 is 2.29 bits per heavy atom. The fourth-order valence-electron chi connectivity index (χ4n) is 0.816. The maximum Gasteiger partial charge on any atom is 0.360 e. The van der Waals surface area contributed by atoms with Gasteiger partial charge >= 0.3 is 5.97 Å². The molecule has 0 amide bonds. The Hall–Kier alpha value is -1.69. The third-order valence-corrected chi connectivity index (χ3v) is 1.56. The van der Waals surface area contributed by atoms with Crippen molar-refractivity contribution in [1.29, 1.82) is 0 Å². The number of carbonyl (C=O) groups excluding carboxylic acids is 2. The van der Waals surface area contributed by atoms with Crippen molar-refractivity contribution in [2.45, 2.75) is 13.0 Å². The molecule has 0 fully saturated rings. The van der Waals surface area contributed by atoms with Crippen LogP contribution >= 0.6 is 0 Å². The highest BCUT2D eigenvalue weighted by atomic mass is 16.5. The quantitative estimate of drug-likeness (QED) is 0.542. The van der Waals surface area contributed by atoms with Gasteiger partial charge in [0.1, 0.15) is 0 Å². The summed E-state index contributed by atoms with van der Waals surface area (Å²) in [5.41, 5.74) is 5.29. The predicted octanol–water partition coefficient (Wildman–Crippen LogP) is -0.00890. The molecule has 1 unspecified atom stereocenters. The minimum atomic E-state index is -0.687. The van der Waals surface area contributed by atoms with E-state index in [1.54, 1.807) is 0 Å². The number of nitrogens with zero attached hydrogens (tertiary/aromatic N) is 1. The lowest BCUT2D eigenvalue weighted by Crippen LogP contribution is -2.26. The molecule has 1 atom stereocenters. The third-order valence-electron chi connectivity index (χ3n) is 1.56. The number of methoxy groups -OCH3 is 1. The number of ketones is 1. The van der Waals surface area contributed by atoms with Gasteiger partial charge in [-0.3, -0.25) is 4.79 Å². The van der Waals surface area contributed by atoms with Gasteiger partial charge in [-0.05, 0) is 6.92 Å². The van der Waals surface area contributed by atoms with E-state index in [-0.39, 0.29) is 11.5 Å². The SMILES string of the molecule is COC(=O)c1cc(C(=O)C(C)N)on1. The van der Waals surface area contributed by atoms with Crippen molar-refractivity contribution in [3.05, 3.63) is 17.5 Å². The zero-order chi connectivity index (χ0) is 10.7. The molecule has 1 aromatic rings. The molecular formula is C8H10N2O4. The van der Waals surface area contributed by atoms with Crippen molar-refractivity contribution in [2.75, 3.05) is 7.11 Å². The Morgan fingerprint density at radius 3 is 2.79 bits per heavy atom. The second-order valence-corrected chi connectivity index (χ2v) is 2.72. The van der Waals surface area contributed by atoms with Crippen molar-refractivity contribution >= 4 is 11.8 Å². The summed E-state index contributed by atoms with van der Waals surface area (Å²) in [5, 5.41) is 3.36. The van der Waals surface area contributed by atoms with Gasteiger partial charge in [-0.15, -0.1) is 0 Å². The van der Waals surface area contributed by atoms with Gasteiger partial charge in [0.15, 0.2) is 5.69 Å². The number of Topliss-reactive ketones (excluding diaryl/α,β-unsaturated/α-hetero) is 1. The Bertz CT molecular complexity index is 356. The van der Waals surface area contributed by atoms with Gasteiger partial charge in [0.25, 0.3) is 0 Å². The third kappa shape index (κ3) is 1.97. The molecule has 0 aromatic carbocycles. The van der Waals surface area contributed by atoms with Gasteiger partial charge in [-0.25, -0.2) is 4.79 Å². The topological polar surface area (TPSA) is 95.4 Å². The van der Waals surface area contributed by atoms with E-state index >= 15 is 0 Å². The first-order valence-corrected chi connectivity index (χ1v) is 3.91. The maximum atomic E-state index is 11.3. The number of carbonyl (C=O) groups is 2. The average Bonchev–Trinajstić information content (AvgIpc) is 2.64. The van der Waals surface area contributed by atoms with Gasteiger partial charge in [0.05, 0.1) is 13.2 Å². The summed E-state index contributed by atoms with van der Waals surface area (Å²) in [4.78, 5) is 22.2. The summed E-state index contributed by atoms with van der Waals surface area (Å²) in [7, 11) is 1.21. The molecule has 1 heterocycles. The molecule has 0 saturated heterocycles. The Balaban J connectivity index is 2.88. The van der Waals surface area contributed by atoms with E-state index in [1.165, 1.54) is 20.1 Å². The second kappa shape index (κ2) is 4.01. The summed E-state index contributed by atoms with van der Waals surface area (Å²) >= 11 is 0. The summed E-state index contributed by atoms with van der Waals surface area (Å²) in [5.74, 6) is -1.11. The van der Waals surface area contributed by atoms with Gasteiger partial charge in [0, 0.05) is 6.07 Å². The number of hydrogen-bond donors (Lipinski definition) is 1. The summed E-state index contributed by atoms with van der Waals surface area (Å²) in [6.07, 6.45) is 0. The van der Waals surface area contributed by atoms with E-state index in [4.69, 9.17) is 5.73 Å². The molecule has 0 bridgehead atoms. The highest BCUT2D eigenvalue weighted by molar-refractivity contribution is 5.99. The van der Waals surface area contributed by atoms with Crippen LogP contribution in [0.5, 0.6) is 0 Å². The molecule has 14 heavy (non-hydrogen) atoms. The van der Waals surface area contributed by atoms with Crippen molar-refractivity contribution in [2.24, 2.45) is 5.73 Å². The first-order chi connectivity index (χ1) is 6.56. The molecule has 0 aliphatic carbocycles. The molecule has 1 aromatic heterocycles. The molecule has 0 spiro atoms. The molecule has 0 radical (unpaired) electrons. The van der Waals surface area contributed by atoms with Gasteiger partial charge in [0.2, 0.25) is 11.5 Å². The van der Waals surface area contributed by atoms with Crippen LogP contribution in [-0.4, -0.2) is 30.1 Å². The first kappa shape index (κ1) is 10.4. The van der Waals surface area contributed by atoms with Crippen molar-refractivity contribution < 1.29 is 18.8 Å². The van der Waals surface area contributed by atoms with E-state index in [2.05, 4.69) is 14.4 Å². The Kier molecular flexibility index (Phi) is 2.98. The zero-order valence-corrected chi connectivity index (χ0v) is 7.81. The molecule has 6 nitrogen and oxygen atoms in total. The van der Waals surface area contributed by atoms with Crippen molar-refractivity contribution in [3.8, 4) is 0 Å². The van der Waals surface area contributed by atoms with Crippen molar-refractivity contribution in [3.63, 3.8) is 0 Å². The smallest absolute Gasteiger partial charge is 0.360 e. The number of hydrogen-bond acceptors (Lipinski definition) is 6. The van der Waals surface area contributed by atoms with Gasteiger partial charge < -0.3 is 15.0 Å². The van der Waals surface area contributed by atoms with E-state index in [9.17, 15) is 9.59 Å². The second-order valence-electron chi connectivity index (χ2n) is 2.72. The number of rotatable bonds is 3. The Morgan fingerprint density at radius 1 is 1.64 bits per heavy atom. The highest BCUT2D eigenvalue weighted by Gasteiger charge is 2.19. The van der Waals surface area contributed by atoms with Crippen LogP contribution in [0.1, 0.15) is 28.0 Å². The monoisotopic (exact) mass is 198 g/mol. The van der Waals surface area contributed by atoms with E-state index in [0.29, 0.717) is 0 Å². The molecule has 0 aliphatic heterocycles. The minimum absolute atomic E-state index is 0.0413. The van der Waals surface area contributed by atoms with Crippen LogP contribution in [0.4, 0.5) is 0 Å². The van der Waals surface area contributed by atoms with Gasteiger partial charge in [-0.1, -0.05) is 5.16 Å². The molecule has 1 rings (SSSR count). The summed E-state index contributed by atoms with van der Waals surface area (Å²) in [6, 6.07) is 0.519. The highest BCUT2D eigenvalue weighted by Crippen LogP contribution is 2.06. The fraction of sp³-hybridized carbons (Fsp3) is 0.375. The predicted molar refractivity (Wildman–Crippen MR) is 45.8 cm³/mol. The number of esters is 1. The lowest BCUT2D eigenvalue weighted by Gasteiger charge is -1.96. The largest absolute Gasteiger partial charge is 0.464 e. The Labute approximate surface area is 80.0 Å². The zero-order valence-electron chi connectivity index (χ0n) is 7.81. The maximum absolute atomic E-state index is 11.3. The number of ether oxygens (including phenoxy) is 1. The average molecular weight is 198 g/mol. The first-order valence-electron chi connectivity index (χ1n) is 3.91. The molecule has 0 saturated carbocycles. The van der Waals surface area contributed by atoms with Crippen LogP contribution < -0.4 is 5.73 Å². The van der Waals surface area contributed by atoms with Gasteiger partial charge in [-0.2, -0.15) is 0 Å². The molecule has 76 valence electrons. The molecule has 6 heteroatoms. The molecule has 0 aliphatic rings. The van der Waals surface area contributed by atoms with Crippen LogP contribution in [0.2, 0.25) is 0 Å². The van der Waals surface area contributed by atoms with Crippen LogP contribution in [0.3, 0.4) is 0 Å². The van der Waals surface area contributed by atoms with Crippen molar-refractivity contribution in [1.82, 2.24) is 5.16 Å². The minimum Gasteiger partial charge on any atom is -0.464 e.